The molecule has 0 saturated heterocycles. The molecule has 0 heterocycles. The number of carbonyl (C=O) groups excluding carboxylic acids is 2. The maximum atomic E-state index is 14.0. The largest absolute Gasteiger partial charge is 0.355 e. The van der Waals surface area contributed by atoms with Crippen molar-refractivity contribution in [3.63, 3.8) is 0 Å². The van der Waals surface area contributed by atoms with E-state index >= 15 is 0 Å². The molecule has 0 aromatic heterocycles. The number of likely N-dealkylation sites (N-methyl/N-ethyl adjacent to an activating group) is 1. The summed E-state index contributed by atoms with van der Waals surface area (Å²) in [6, 6.07) is 20.7. The maximum absolute atomic E-state index is 14.0. The van der Waals surface area contributed by atoms with Crippen LogP contribution in [-0.2, 0) is 32.6 Å². The van der Waals surface area contributed by atoms with E-state index in [1.165, 1.54) is 9.21 Å². The van der Waals surface area contributed by atoms with E-state index in [1.807, 2.05) is 64.1 Å². The van der Waals surface area contributed by atoms with Gasteiger partial charge in [-0.2, -0.15) is 0 Å². The van der Waals surface area contributed by atoms with Crippen LogP contribution in [-0.4, -0.2) is 44.3 Å². The Balaban J connectivity index is 2.07. The lowest BCUT2D eigenvalue weighted by Crippen LogP contribution is -2.51. The Hall–Kier alpha value is -3.65. The second kappa shape index (κ2) is 12.7. The monoisotopic (exact) mass is 535 g/mol. The number of rotatable bonds is 11. The van der Waals surface area contributed by atoms with Gasteiger partial charge in [0.15, 0.2) is 0 Å². The first-order valence-electron chi connectivity index (χ1n) is 12.9. The fourth-order valence-corrected chi connectivity index (χ4v) is 5.77. The molecule has 0 radical (unpaired) electrons. The molecule has 0 aliphatic heterocycles. The lowest BCUT2D eigenvalue weighted by Gasteiger charge is -2.32. The average Bonchev–Trinajstić information content (AvgIpc) is 2.90. The van der Waals surface area contributed by atoms with Gasteiger partial charge in [-0.1, -0.05) is 72.6 Å². The van der Waals surface area contributed by atoms with Crippen molar-refractivity contribution in [1.29, 1.82) is 0 Å². The number of hydrogen-bond acceptors (Lipinski definition) is 4. The van der Waals surface area contributed by atoms with Gasteiger partial charge in [-0.25, -0.2) is 8.42 Å². The van der Waals surface area contributed by atoms with Gasteiger partial charge >= 0.3 is 0 Å². The second-order valence-electron chi connectivity index (χ2n) is 9.39. The van der Waals surface area contributed by atoms with Gasteiger partial charge in [0.1, 0.15) is 12.6 Å². The number of aryl methyl sites for hydroxylation is 3. The second-order valence-corrected chi connectivity index (χ2v) is 11.3. The summed E-state index contributed by atoms with van der Waals surface area (Å²) < 4.78 is 29.1. The van der Waals surface area contributed by atoms with Gasteiger partial charge in [0, 0.05) is 13.1 Å². The molecule has 0 bridgehead atoms. The topological polar surface area (TPSA) is 86.8 Å². The quantitative estimate of drug-likeness (QED) is 0.388. The van der Waals surface area contributed by atoms with E-state index in [0.29, 0.717) is 18.7 Å². The summed E-state index contributed by atoms with van der Waals surface area (Å²) in [6.07, 6.45) is 0.590. The summed E-state index contributed by atoms with van der Waals surface area (Å²) in [5.41, 5.74) is 4.07. The summed E-state index contributed by atoms with van der Waals surface area (Å²) in [5, 5.41) is 2.78. The average molecular weight is 536 g/mol. The van der Waals surface area contributed by atoms with Gasteiger partial charge in [-0.3, -0.25) is 13.9 Å². The zero-order valence-electron chi connectivity index (χ0n) is 22.8. The molecule has 202 valence electrons. The molecular formula is C30H37N3O4S. The highest BCUT2D eigenvalue weighted by atomic mass is 32.2. The van der Waals surface area contributed by atoms with E-state index in [-0.39, 0.29) is 17.3 Å². The molecule has 1 N–H and O–H groups in total. The van der Waals surface area contributed by atoms with Crippen LogP contribution in [0.15, 0.2) is 77.7 Å². The van der Waals surface area contributed by atoms with Crippen molar-refractivity contribution < 1.29 is 18.0 Å². The standard InChI is InChI=1S/C30H37N3O4S/c1-6-26-13-8-9-14-28(26)33(38(36,37)27-17-15-22(3)16-18-27)21-29(34)32(24(5)30(35)31-7-2)20-25-12-10-11-23(4)19-25/h8-19,24H,6-7,20-21H2,1-5H3,(H,31,35). The van der Waals surface area contributed by atoms with Crippen LogP contribution in [0.3, 0.4) is 0 Å². The van der Waals surface area contributed by atoms with Crippen molar-refractivity contribution in [2.24, 2.45) is 0 Å². The van der Waals surface area contributed by atoms with Gasteiger partial charge < -0.3 is 10.2 Å². The Bertz CT molecular complexity index is 1370. The number of sulfonamides is 1. The minimum Gasteiger partial charge on any atom is -0.355 e. The molecule has 1 atom stereocenters. The van der Waals surface area contributed by atoms with E-state index in [9.17, 15) is 18.0 Å². The minimum absolute atomic E-state index is 0.101. The third kappa shape index (κ3) is 6.81. The van der Waals surface area contributed by atoms with Gasteiger partial charge in [0.2, 0.25) is 11.8 Å². The van der Waals surface area contributed by atoms with Crippen LogP contribution in [0.25, 0.3) is 0 Å². The summed E-state index contributed by atoms with van der Waals surface area (Å²) >= 11 is 0. The van der Waals surface area contributed by atoms with Crippen LogP contribution in [0.1, 0.15) is 43.0 Å². The van der Waals surface area contributed by atoms with Gasteiger partial charge in [-0.15, -0.1) is 0 Å². The summed E-state index contributed by atoms with van der Waals surface area (Å²) in [5.74, 6) is -0.762. The lowest BCUT2D eigenvalue weighted by atomic mass is 10.1. The molecular weight excluding hydrogens is 498 g/mol. The van der Waals surface area contributed by atoms with E-state index in [1.54, 1.807) is 43.3 Å². The van der Waals surface area contributed by atoms with Gasteiger partial charge in [0.05, 0.1) is 10.6 Å². The number of amides is 2. The predicted octanol–water partition coefficient (Wildman–Crippen LogP) is 4.61. The van der Waals surface area contributed by atoms with Crippen molar-refractivity contribution in [3.8, 4) is 0 Å². The molecule has 1 unspecified atom stereocenters. The zero-order valence-corrected chi connectivity index (χ0v) is 23.6. The molecule has 0 aliphatic rings. The van der Waals surface area contributed by atoms with Crippen molar-refractivity contribution in [1.82, 2.24) is 10.2 Å². The first-order valence-corrected chi connectivity index (χ1v) is 14.3. The Morgan fingerprint density at radius 2 is 1.58 bits per heavy atom. The predicted molar refractivity (Wildman–Crippen MR) is 151 cm³/mol. The normalized spacial score (nSPS) is 12.0. The molecule has 0 spiro atoms. The molecule has 3 rings (SSSR count). The van der Waals surface area contributed by atoms with Crippen LogP contribution in [0, 0.1) is 13.8 Å². The summed E-state index contributed by atoms with van der Waals surface area (Å²) in [7, 11) is -4.08. The van der Waals surface area contributed by atoms with E-state index in [2.05, 4.69) is 5.32 Å². The zero-order chi connectivity index (χ0) is 27.9. The number of anilines is 1. The number of carbonyl (C=O) groups is 2. The third-order valence-electron chi connectivity index (χ3n) is 6.48. The van der Waals surface area contributed by atoms with E-state index in [4.69, 9.17) is 0 Å². The first kappa shape index (κ1) is 28.9. The Labute approximate surface area is 226 Å². The first-order chi connectivity index (χ1) is 18.1. The van der Waals surface area contributed by atoms with E-state index in [0.717, 1.165) is 22.3 Å². The number of para-hydroxylation sites is 1. The molecule has 38 heavy (non-hydrogen) atoms. The van der Waals surface area contributed by atoms with Crippen LogP contribution in [0.4, 0.5) is 5.69 Å². The molecule has 0 saturated carbocycles. The fraction of sp³-hybridized carbons (Fsp3) is 0.333. The Morgan fingerprint density at radius 1 is 0.895 bits per heavy atom. The third-order valence-corrected chi connectivity index (χ3v) is 8.26. The van der Waals surface area contributed by atoms with Gasteiger partial charge in [-0.05, 0) is 63.4 Å². The fourth-order valence-electron chi connectivity index (χ4n) is 4.32. The van der Waals surface area contributed by atoms with Gasteiger partial charge in [0.25, 0.3) is 10.0 Å². The van der Waals surface area contributed by atoms with Crippen LogP contribution < -0.4 is 9.62 Å². The summed E-state index contributed by atoms with van der Waals surface area (Å²) in [6.45, 7) is 9.42. The number of hydrogen-bond donors (Lipinski definition) is 1. The van der Waals surface area contributed by atoms with Crippen LogP contribution in [0.5, 0.6) is 0 Å². The molecule has 0 aliphatic carbocycles. The molecule has 8 heteroatoms. The SMILES string of the molecule is CCNC(=O)C(C)N(Cc1cccc(C)c1)C(=O)CN(c1ccccc1CC)S(=O)(=O)c1ccc(C)cc1. The van der Waals surface area contributed by atoms with Crippen LogP contribution >= 0.6 is 0 Å². The Morgan fingerprint density at radius 3 is 2.21 bits per heavy atom. The number of benzene rings is 3. The Kier molecular flexibility index (Phi) is 9.69. The smallest absolute Gasteiger partial charge is 0.264 e. The highest BCUT2D eigenvalue weighted by molar-refractivity contribution is 7.92. The highest BCUT2D eigenvalue weighted by Crippen LogP contribution is 2.28. The highest BCUT2D eigenvalue weighted by Gasteiger charge is 2.33. The molecule has 3 aromatic carbocycles. The molecule has 2 amide bonds. The van der Waals surface area contributed by atoms with Crippen molar-refractivity contribution >= 4 is 27.5 Å². The van der Waals surface area contributed by atoms with E-state index < -0.39 is 28.5 Å². The van der Waals surface area contributed by atoms with Crippen molar-refractivity contribution in [2.75, 3.05) is 17.4 Å². The van der Waals surface area contributed by atoms with Crippen molar-refractivity contribution in [2.45, 2.75) is 58.5 Å². The maximum Gasteiger partial charge on any atom is 0.264 e. The summed E-state index contributed by atoms with van der Waals surface area (Å²) in [4.78, 5) is 28.3. The van der Waals surface area contributed by atoms with Crippen molar-refractivity contribution in [3.05, 3.63) is 95.1 Å². The van der Waals surface area contributed by atoms with Crippen LogP contribution in [0.2, 0.25) is 0 Å². The number of nitrogens with one attached hydrogen (secondary N) is 1. The molecule has 7 nitrogen and oxygen atoms in total. The number of nitrogens with zero attached hydrogens (tertiary/aromatic N) is 2. The molecule has 3 aromatic rings. The lowest BCUT2D eigenvalue weighted by molar-refractivity contribution is -0.139. The molecule has 0 fully saturated rings. The minimum atomic E-state index is -4.08.